The lowest BCUT2D eigenvalue weighted by atomic mass is 9.64. The van der Waals surface area contributed by atoms with Crippen LogP contribution in [0.25, 0.3) is 11.3 Å². The number of ether oxygens (including phenoxy) is 1. The lowest BCUT2D eigenvalue weighted by molar-refractivity contribution is -0.151. The minimum absolute atomic E-state index is 0.148. The summed E-state index contributed by atoms with van der Waals surface area (Å²) in [7, 11) is 1.46. The Bertz CT molecular complexity index is 1130. The van der Waals surface area contributed by atoms with Gasteiger partial charge in [-0.25, -0.2) is 9.97 Å². The Morgan fingerprint density at radius 1 is 1.10 bits per heavy atom. The van der Waals surface area contributed by atoms with Crippen LogP contribution < -0.4 is 5.32 Å². The van der Waals surface area contributed by atoms with Crippen LogP contribution in [0.2, 0.25) is 0 Å². The Hall–Kier alpha value is -3.22. The molecule has 3 aromatic rings. The minimum Gasteiger partial charge on any atom is -0.468 e. The van der Waals surface area contributed by atoms with E-state index in [1.807, 2.05) is 38.1 Å². The summed E-state index contributed by atoms with van der Waals surface area (Å²) in [5.41, 5.74) is 6.39. The van der Waals surface area contributed by atoms with Crippen molar-refractivity contribution in [3.8, 4) is 11.3 Å². The summed E-state index contributed by atoms with van der Waals surface area (Å²) < 4.78 is 10.4. The number of carbonyl (C=O) groups excluding carboxylic acids is 1. The summed E-state index contributed by atoms with van der Waals surface area (Å²) in [6.45, 7) is 3.86. The van der Waals surface area contributed by atoms with E-state index in [2.05, 4.69) is 10.5 Å². The molecule has 31 heavy (non-hydrogen) atoms. The Balaban J connectivity index is 1.46. The molecule has 0 atom stereocenters. The number of esters is 1. The van der Waals surface area contributed by atoms with E-state index in [0.29, 0.717) is 5.95 Å². The monoisotopic (exact) mass is 418 g/mol. The molecule has 1 fully saturated rings. The van der Waals surface area contributed by atoms with E-state index in [0.717, 1.165) is 78.2 Å². The highest BCUT2D eigenvalue weighted by Crippen LogP contribution is 2.45. The van der Waals surface area contributed by atoms with Gasteiger partial charge in [0.2, 0.25) is 5.95 Å². The maximum Gasteiger partial charge on any atom is 0.316 e. The fourth-order valence-corrected chi connectivity index (χ4v) is 4.85. The van der Waals surface area contributed by atoms with Crippen LogP contribution in [0.1, 0.15) is 54.0 Å². The average Bonchev–Trinajstić information content (AvgIpc) is 3.34. The number of fused-ring (bicyclic) bond motifs is 1. The van der Waals surface area contributed by atoms with Crippen LogP contribution in [0.15, 0.2) is 28.8 Å². The standard InChI is InChI=1S/C24H26N4O3/c1-14-20(15(2)31-28-14)21-18-6-4-7-19(18)26-23(27-21)25-17-10-8-16(9-11-17)24(12-5-13-24)22(29)30-3/h8-11H,4-7,12-13H2,1-3H3,(H,25,26,27). The number of nitrogens with zero attached hydrogens (tertiary/aromatic N) is 3. The van der Waals surface area contributed by atoms with E-state index >= 15 is 0 Å². The van der Waals surface area contributed by atoms with E-state index in [4.69, 9.17) is 19.2 Å². The van der Waals surface area contributed by atoms with Crippen LogP contribution in [-0.4, -0.2) is 28.2 Å². The molecule has 1 saturated carbocycles. The zero-order valence-corrected chi connectivity index (χ0v) is 18.1. The Morgan fingerprint density at radius 3 is 2.48 bits per heavy atom. The molecule has 2 aliphatic rings. The molecule has 1 aromatic carbocycles. The third kappa shape index (κ3) is 3.19. The smallest absolute Gasteiger partial charge is 0.316 e. The van der Waals surface area contributed by atoms with E-state index in [-0.39, 0.29) is 5.97 Å². The van der Waals surface area contributed by atoms with Crippen LogP contribution in [-0.2, 0) is 27.8 Å². The zero-order chi connectivity index (χ0) is 21.6. The van der Waals surface area contributed by atoms with E-state index in [9.17, 15) is 4.79 Å². The average molecular weight is 418 g/mol. The van der Waals surface area contributed by atoms with Crippen molar-refractivity contribution in [1.82, 2.24) is 15.1 Å². The van der Waals surface area contributed by atoms with Gasteiger partial charge in [0.1, 0.15) is 5.76 Å². The van der Waals surface area contributed by atoms with Gasteiger partial charge < -0.3 is 14.6 Å². The van der Waals surface area contributed by atoms with Gasteiger partial charge in [0.15, 0.2) is 0 Å². The van der Waals surface area contributed by atoms with Gasteiger partial charge in [-0.2, -0.15) is 0 Å². The number of benzene rings is 1. The maximum atomic E-state index is 12.3. The fourth-order valence-electron chi connectivity index (χ4n) is 4.85. The first-order valence-corrected chi connectivity index (χ1v) is 10.8. The molecule has 160 valence electrons. The number of hydrogen-bond acceptors (Lipinski definition) is 7. The highest BCUT2D eigenvalue weighted by Gasteiger charge is 2.46. The molecule has 0 aliphatic heterocycles. The van der Waals surface area contributed by atoms with E-state index < -0.39 is 5.41 Å². The highest BCUT2D eigenvalue weighted by molar-refractivity contribution is 5.84. The normalized spacial score (nSPS) is 16.5. The molecule has 0 unspecified atom stereocenters. The second kappa shape index (κ2) is 7.48. The summed E-state index contributed by atoms with van der Waals surface area (Å²) in [4.78, 5) is 22.0. The number of anilines is 2. The molecule has 2 aromatic heterocycles. The topological polar surface area (TPSA) is 90.1 Å². The molecule has 0 amide bonds. The van der Waals surface area contributed by atoms with Crippen molar-refractivity contribution in [3.63, 3.8) is 0 Å². The molecular formula is C24H26N4O3. The minimum atomic E-state index is -0.492. The van der Waals surface area contributed by atoms with Crippen molar-refractivity contribution < 1.29 is 14.1 Å². The summed E-state index contributed by atoms with van der Waals surface area (Å²) >= 11 is 0. The number of carbonyl (C=O) groups is 1. The largest absolute Gasteiger partial charge is 0.468 e. The molecule has 0 saturated heterocycles. The summed E-state index contributed by atoms with van der Waals surface area (Å²) in [5, 5.41) is 7.45. The lowest BCUT2D eigenvalue weighted by Gasteiger charge is -2.39. The van der Waals surface area contributed by atoms with Crippen LogP contribution in [0.5, 0.6) is 0 Å². The van der Waals surface area contributed by atoms with Crippen molar-refractivity contribution in [2.24, 2.45) is 0 Å². The Morgan fingerprint density at radius 2 is 1.87 bits per heavy atom. The van der Waals surface area contributed by atoms with E-state index in [1.165, 1.54) is 12.7 Å². The second-order valence-corrected chi connectivity index (χ2v) is 8.50. The number of rotatable bonds is 5. The molecule has 2 aliphatic carbocycles. The van der Waals surface area contributed by atoms with Gasteiger partial charge >= 0.3 is 5.97 Å². The van der Waals surface area contributed by atoms with Gasteiger partial charge in [-0.3, -0.25) is 4.79 Å². The summed E-state index contributed by atoms with van der Waals surface area (Å²) in [6, 6.07) is 7.96. The zero-order valence-electron chi connectivity index (χ0n) is 18.1. The predicted molar refractivity (Wildman–Crippen MR) is 116 cm³/mol. The van der Waals surface area contributed by atoms with E-state index in [1.54, 1.807) is 0 Å². The van der Waals surface area contributed by atoms with Gasteiger partial charge in [0.25, 0.3) is 0 Å². The quantitative estimate of drug-likeness (QED) is 0.607. The maximum absolute atomic E-state index is 12.3. The number of nitrogens with one attached hydrogen (secondary N) is 1. The molecule has 5 rings (SSSR count). The molecule has 7 heteroatoms. The molecule has 1 N–H and O–H groups in total. The molecule has 0 bridgehead atoms. The lowest BCUT2D eigenvalue weighted by Crippen LogP contribution is -2.43. The molecule has 0 spiro atoms. The number of methoxy groups -OCH3 is 1. The third-order valence-corrected chi connectivity index (χ3v) is 6.68. The summed E-state index contributed by atoms with van der Waals surface area (Å²) in [5.74, 6) is 1.19. The fraction of sp³-hybridized carbons (Fsp3) is 0.417. The van der Waals surface area contributed by atoms with Crippen molar-refractivity contribution >= 4 is 17.6 Å². The number of aryl methyl sites for hydroxylation is 3. The van der Waals surface area contributed by atoms with Crippen molar-refractivity contribution in [3.05, 3.63) is 52.5 Å². The van der Waals surface area contributed by atoms with Gasteiger partial charge in [-0.05, 0) is 63.6 Å². The SMILES string of the molecule is COC(=O)C1(c2ccc(Nc3nc4c(c(-c5c(C)noc5C)n3)CCC4)cc2)CCC1. The summed E-state index contributed by atoms with van der Waals surface area (Å²) in [6.07, 6.45) is 5.71. The van der Waals surface area contributed by atoms with Gasteiger partial charge in [0.05, 0.1) is 29.5 Å². The van der Waals surface area contributed by atoms with Crippen molar-refractivity contribution in [2.45, 2.75) is 57.8 Å². The van der Waals surface area contributed by atoms with Crippen LogP contribution >= 0.6 is 0 Å². The second-order valence-electron chi connectivity index (χ2n) is 8.50. The Kier molecular flexibility index (Phi) is 4.76. The molecule has 7 nitrogen and oxygen atoms in total. The van der Waals surface area contributed by atoms with Crippen LogP contribution in [0.3, 0.4) is 0 Å². The molecule has 0 radical (unpaired) electrons. The highest BCUT2D eigenvalue weighted by atomic mass is 16.5. The first-order valence-electron chi connectivity index (χ1n) is 10.8. The molecule has 2 heterocycles. The van der Waals surface area contributed by atoms with Crippen molar-refractivity contribution in [1.29, 1.82) is 0 Å². The predicted octanol–water partition coefficient (Wildman–Crippen LogP) is 4.58. The third-order valence-electron chi connectivity index (χ3n) is 6.68. The van der Waals surface area contributed by atoms with Crippen molar-refractivity contribution in [2.75, 3.05) is 12.4 Å². The van der Waals surface area contributed by atoms with Gasteiger partial charge in [-0.15, -0.1) is 0 Å². The number of hydrogen-bond donors (Lipinski definition) is 1. The molecular weight excluding hydrogens is 392 g/mol. The van der Waals surface area contributed by atoms with Gasteiger partial charge in [0, 0.05) is 16.9 Å². The van der Waals surface area contributed by atoms with Crippen LogP contribution in [0.4, 0.5) is 11.6 Å². The van der Waals surface area contributed by atoms with Gasteiger partial charge in [-0.1, -0.05) is 23.7 Å². The van der Waals surface area contributed by atoms with Crippen LogP contribution in [0, 0.1) is 13.8 Å². The first-order chi connectivity index (χ1) is 15.0. The number of aromatic nitrogens is 3. The first kappa shape index (κ1) is 19.7. The Labute approximate surface area is 181 Å².